The highest BCUT2D eigenvalue weighted by molar-refractivity contribution is 7.07. The van der Waals surface area contributed by atoms with Gasteiger partial charge in [0.25, 0.3) is 0 Å². The Morgan fingerprint density at radius 3 is 2.07 bits per heavy atom. The van der Waals surface area contributed by atoms with Gasteiger partial charge in [0.15, 0.2) is 12.7 Å². The van der Waals surface area contributed by atoms with Gasteiger partial charge in [-0.15, -0.1) is 0 Å². The Bertz CT molecular complexity index is 1130. The summed E-state index contributed by atoms with van der Waals surface area (Å²) in [5, 5.41) is 5.14. The summed E-state index contributed by atoms with van der Waals surface area (Å²) < 4.78 is 8.45. The van der Waals surface area contributed by atoms with E-state index in [1.54, 1.807) is 11.3 Å². The highest BCUT2D eigenvalue weighted by Gasteiger charge is 2.18. The number of hydrogen-bond donors (Lipinski definition) is 1. The average Bonchev–Trinajstić information content (AvgIpc) is 3.45. The molecule has 2 aromatic carbocycles. The largest absolute Gasteiger partial charge is 0.493 e. The summed E-state index contributed by atoms with van der Waals surface area (Å²) in [4.78, 5) is 13.0. The lowest BCUT2D eigenvalue weighted by Gasteiger charge is -2.21. The van der Waals surface area contributed by atoms with Gasteiger partial charge in [0, 0.05) is 16.8 Å². The number of unbranched alkanes of at least 4 members (excludes halogenated alkanes) is 11. The maximum Gasteiger partial charge on any atom is 0.228 e. The zero-order valence-electron chi connectivity index (χ0n) is 26.1. The second kappa shape index (κ2) is 18.0. The Morgan fingerprint density at radius 2 is 1.49 bits per heavy atom. The fourth-order valence-electron chi connectivity index (χ4n) is 5.06. The maximum absolute atomic E-state index is 13.0. The third-order valence-electron chi connectivity index (χ3n) is 7.67. The fourth-order valence-corrected chi connectivity index (χ4v) is 5.66. The number of nitrogens with one attached hydrogen (secondary N) is 1. The quantitative estimate of drug-likeness (QED) is 0.114. The van der Waals surface area contributed by atoms with Crippen LogP contribution in [0.15, 0.2) is 59.6 Å². The van der Waals surface area contributed by atoms with Crippen LogP contribution in [0.2, 0.25) is 0 Å². The van der Waals surface area contributed by atoms with Crippen LogP contribution in [0.1, 0.15) is 121 Å². The molecule has 4 nitrogen and oxygen atoms in total. The molecule has 0 bridgehead atoms. The van der Waals surface area contributed by atoms with Gasteiger partial charge in [-0.25, -0.2) is 0 Å². The van der Waals surface area contributed by atoms with E-state index in [0.29, 0.717) is 13.0 Å². The van der Waals surface area contributed by atoms with Gasteiger partial charge in [0.05, 0.1) is 18.4 Å². The first-order chi connectivity index (χ1) is 19.8. The van der Waals surface area contributed by atoms with Gasteiger partial charge < -0.3 is 10.1 Å². The van der Waals surface area contributed by atoms with E-state index in [1.165, 1.54) is 81.8 Å². The number of ether oxygens (including phenoxy) is 1. The van der Waals surface area contributed by atoms with Crippen LogP contribution in [0.25, 0.3) is 0 Å². The highest BCUT2D eigenvalue weighted by atomic mass is 32.1. The molecular formula is C36H53N2O2S+. The van der Waals surface area contributed by atoms with Gasteiger partial charge >= 0.3 is 0 Å². The number of nitrogens with zero attached hydrogens (tertiary/aromatic N) is 1. The number of anilines is 1. The summed E-state index contributed by atoms with van der Waals surface area (Å²) >= 11 is 1.68. The lowest BCUT2D eigenvalue weighted by molar-refractivity contribution is -0.683. The van der Waals surface area contributed by atoms with Gasteiger partial charge in [-0.05, 0) is 35.6 Å². The zero-order chi connectivity index (χ0) is 29.3. The minimum Gasteiger partial charge on any atom is -0.493 e. The van der Waals surface area contributed by atoms with Crippen molar-refractivity contribution in [1.82, 2.24) is 0 Å². The summed E-state index contributed by atoms with van der Waals surface area (Å²) in [7, 11) is 0. The first kappa shape index (κ1) is 32.8. The molecule has 0 atom stereocenters. The molecule has 1 N–H and O–H groups in total. The average molecular weight is 578 g/mol. The minimum atomic E-state index is -0.0244. The monoisotopic (exact) mass is 577 g/mol. The molecule has 41 heavy (non-hydrogen) atoms. The van der Waals surface area contributed by atoms with Gasteiger partial charge in [-0.3, -0.25) is 4.79 Å². The highest BCUT2D eigenvalue weighted by Crippen LogP contribution is 2.29. The Balaban J connectivity index is 1.43. The Hall–Kier alpha value is -2.66. The summed E-state index contributed by atoms with van der Waals surface area (Å²) in [5.41, 5.74) is 6.32. The summed E-state index contributed by atoms with van der Waals surface area (Å²) in [5.74, 6) is 0.822. The molecule has 5 heteroatoms. The van der Waals surface area contributed by atoms with Crippen molar-refractivity contribution < 1.29 is 14.1 Å². The van der Waals surface area contributed by atoms with Crippen LogP contribution in [0.5, 0.6) is 5.75 Å². The maximum atomic E-state index is 13.0. The van der Waals surface area contributed by atoms with Crippen LogP contribution in [-0.2, 0) is 23.2 Å². The molecule has 1 heterocycles. The van der Waals surface area contributed by atoms with Crippen LogP contribution in [0.3, 0.4) is 0 Å². The van der Waals surface area contributed by atoms with Gasteiger partial charge in [0.2, 0.25) is 11.4 Å². The van der Waals surface area contributed by atoms with Gasteiger partial charge in [-0.2, -0.15) is 4.57 Å². The molecular weight excluding hydrogens is 524 g/mol. The fraction of sp³-hybridized carbons (Fsp3) is 0.556. The van der Waals surface area contributed by atoms with E-state index in [0.717, 1.165) is 30.0 Å². The topological polar surface area (TPSA) is 42.2 Å². The Labute approximate surface area is 253 Å². The molecule has 0 aliphatic rings. The van der Waals surface area contributed by atoms with Crippen LogP contribution in [-0.4, -0.2) is 12.5 Å². The minimum absolute atomic E-state index is 0.0244. The van der Waals surface area contributed by atoms with E-state index in [1.807, 2.05) is 12.1 Å². The number of carbonyl (C=O) groups is 1. The SMILES string of the molecule is CCCCCCCCCCCCCCOc1cc(C(C)(C)C)ccc1CC(=O)Nc1ccc(C[n+]2ccsc2)cc1. The standard InChI is InChI=1S/C36H52N2O2S/c1-5-6-7-8-9-10-11-12-13-14-15-16-24-40-34-27-32(36(2,3)4)20-19-31(34)26-35(39)37-33-21-17-30(18-22-33)28-38-23-25-41-29-38/h17-23,25,27,29H,5-16,24,26,28H2,1-4H3/p+1. The smallest absolute Gasteiger partial charge is 0.228 e. The van der Waals surface area contributed by atoms with Crippen molar-refractivity contribution in [3.8, 4) is 5.75 Å². The van der Waals surface area contributed by atoms with Crippen molar-refractivity contribution in [2.24, 2.45) is 0 Å². The van der Waals surface area contributed by atoms with Gasteiger partial charge in [-0.1, -0.05) is 134 Å². The van der Waals surface area contributed by atoms with E-state index in [2.05, 4.69) is 85.0 Å². The van der Waals surface area contributed by atoms with Crippen LogP contribution < -0.4 is 14.6 Å². The molecule has 3 rings (SSSR count). The molecule has 0 saturated carbocycles. The van der Waals surface area contributed by atoms with Crippen LogP contribution in [0.4, 0.5) is 5.69 Å². The second-order valence-electron chi connectivity index (χ2n) is 12.4. The predicted molar refractivity (Wildman–Crippen MR) is 174 cm³/mol. The zero-order valence-corrected chi connectivity index (χ0v) is 26.9. The number of rotatable bonds is 19. The number of carbonyl (C=O) groups excluding carboxylic acids is 1. The summed E-state index contributed by atoms with van der Waals surface area (Å²) in [6.07, 6.45) is 18.3. The first-order valence-electron chi connectivity index (χ1n) is 15.9. The molecule has 0 spiro atoms. The summed E-state index contributed by atoms with van der Waals surface area (Å²) in [6, 6.07) is 14.4. The molecule has 0 unspecified atom stereocenters. The van der Waals surface area contributed by atoms with Crippen molar-refractivity contribution in [2.45, 2.75) is 123 Å². The number of thiazole rings is 1. The Kier molecular flexibility index (Phi) is 14.4. The number of aromatic nitrogens is 1. The lowest BCUT2D eigenvalue weighted by Crippen LogP contribution is -2.30. The number of amides is 1. The molecule has 0 saturated heterocycles. The molecule has 0 aliphatic heterocycles. The number of benzene rings is 2. The molecule has 1 amide bonds. The lowest BCUT2D eigenvalue weighted by atomic mass is 9.86. The van der Waals surface area contributed by atoms with E-state index >= 15 is 0 Å². The number of hydrogen-bond acceptors (Lipinski definition) is 3. The van der Waals surface area contributed by atoms with Crippen molar-refractivity contribution in [1.29, 1.82) is 0 Å². The van der Waals surface area contributed by atoms with Crippen LogP contribution in [0, 0.1) is 0 Å². The van der Waals surface area contributed by atoms with E-state index in [9.17, 15) is 4.79 Å². The normalized spacial score (nSPS) is 11.5. The Morgan fingerprint density at radius 1 is 0.854 bits per heavy atom. The van der Waals surface area contributed by atoms with E-state index in [-0.39, 0.29) is 11.3 Å². The van der Waals surface area contributed by atoms with Gasteiger partial charge in [0.1, 0.15) is 5.75 Å². The third kappa shape index (κ3) is 12.8. The molecule has 0 fully saturated rings. The van der Waals surface area contributed by atoms with Crippen molar-refractivity contribution in [3.63, 3.8) is 0 Å². The van der Waals surface area contributed by atoms with Crippen molar-refractivity contribution >= 4 is 22.9 Å². The van der Waals surface area contributed by atoms with E-state index < -0.39 is 0 Å². The van der Waals surface area contributed by atoms with Crippen molar-refractivity contribution in [3.05, 3.63) is 76.2 Å². The predicted octanol–water partition coefficient (Wildman–Crippen LogP) is 9.64. The molecule has 0 aliphatic carbocycles. The second-order valence-corrected chi connectivity index (χ2v) is 13.2. The molecule has 1 aromatic heterocycles. The van der Waals surface area contributed by atoms with E-state index in [4.69, 9.17) is 4.74 Å². The summed E-state index contributed by atoms with van der Waals surface area (Å²) in [6.45, 7) is 10.4. The molecule has 224 valence electrons. The molecule has 0 radical (unpaired) electrons. The van der Waals surface area contributed by atoms with Crippen molar-refractivity contribution in [2.75, 3.05) is 11.9 Å². The third-order valence-corrected chi connectivity index (χ3v) is 8.34. The molecule has 3 aromatic rings. The van der Waals surface area contributed by atoms with Crippen LogP contribution >= 0.6 is 11.3 Å². The first-order valence-corrected chi connectivity index (χ1v) is 16.9.